The number of benzene rings is 1. The van der Waals surface area contributed by atoms with Gasteiger partial charge in [0.05, 0.1) is 35.2 Å². The molecule has 1 amide bonds. The highest BCUT2D eigenvalue weighted by molar-refractivity contribution is 8.00. The number of carbonyl (C=O) groups is 2. The van der Waals surface area contributed by atoms with E-state index < -0.39 is 5.97 Å². The Morgan fingerprint density at radius 3 is 2.68 bits per heavy atom. The van der Waals surface area contributed by atoms with E-state index in [4.69, 9.17) is 4.74 Å². The number of hydrogen-bond donors (Lipinski definition) is 1. The van der Waals surface area contributed by atoms with E-state index in [1.807, 2.05) is 19.9 Å². The molecule has 3 aromatic heterocycles. The number of nitrogens with one attached hydrogen (secondary N) is 1. The van der Waals surface area contributed by atoms with Gasteiger partial charge in [-0.3, -0.25) is 4.79 Å². The Morgan fingerprint density at radius 1 is 1.15 bits per heavy atom. The minimum absolute atomic E-state index is 0.124. The number of fused-ring (bicyclic) bond motifs is 1. The first-order valence-corrected chi connectivity index (χ1v) is 12.6. The second-order valence-electron chi connectivity index (χ2n) is 7.79. The van der Waals surface area contributed by atoms with Crippen LogP contribution in [0.3, 0.4) is 0 Å². The Balaban J connectivity index is 1.52. The zero-order valence-electron chi connectivity index (χ0n) is 19.6. The summed E-state index contributed by atoms with van der Waals surface area (Å²) in [5, 5.41) is 9.32. The van der Waals surface area contributed by atoms with Crippen LogP contribution in [0.25, 0.3) is 16.7 Å². The maximum Gasteiger partial charge on any atom is 0.341 e. The average Bonchev–Trinajstić information content (AvgIpc) is 3.35. The van der Waals surface area contributed by atoms with Crippen LogP contribution in [-0.4, -0.2) is 44.0 Å². The summed E-state index contributed by atoms with van der Waals surface area (Å²) < 4.78 is 6.93. The predicted molar refractivity (Wildman–Crippen MR) is 135 cm³/mol. The van der Waals surface area contributed by atoms with E-state index in [2.05, 4.69) is 46.4 Å². The number of amides is 1. The molecular formula is C24H25N5O3S2. The smallest absolute Gasteiger partial charge is 0.341 e. The molecule has 0 radical (unpaired) electrons. The van der Waals surface area contributed by atoms with E-state index in [0.29, 0.717) is 21.2 Å². The molecule has 0 unspecified atom stereocenters. The van der Waals surface area contributed by atoms with Crippen molar-refractivity contribution in [3.8, 4) is 5.69 Å². The number of esters is 1. The molecule has 1 N–H and O–H groups in total. The molecule has 0 aliphatic carbocycles. The summed E-state index contributed by atoms with van der Waals surface area (Å²) in [6.07, 6.45) is 3.20. The molecule has 3 heterocycles. The van der Waals surface area contributed by atoms with Crippen LogP contribution in [0.5, 0.6) is 0 Å². The highest BCUT2D eigenvalue weighted by Gasteiger charge is 2.22. The number of aromatic nitrogens is 4. The molecule has 8 nitrogen and oxygen atoms in total. The van der Waals surface area contributed by atoms with Gasteiger partial charge in [0.15, 0.2) is 5.65 Å². The fourth-order valence-electron chi connectivity index (χ4n) is 3.44. The van der Waals surface area contributed by atoms with E-state index in [0.717, 1.165) is 21.5 Å². The van der Waals surface area contributed by atoms with Gasteiger partial charge in [-0.15, -0.1) is 11.3 Å². The van der Waals surface area contributed by atoms with Crippen molar-refractivity contribution in [2.75, 3.05) is 17.7 Å². The zero-order valence-corrected chi connectivity index (χ0v) is 21.3. The fraction of sp³-hybridized carbons (Fsp3) is 0.292. The number of aryl methyl sites for hydroxylation is 3. The van der Waals surface area contributed by atoms with Crippen molar-refractivity contribution < 1.29 is 14.3 Å². The summed E-state index contributed by atoms with van der Waals surface area (Å²) in [4.78, 5) is 34.8. The quantitative estimate of drug-likeness (QED) is 0.218. The minimum Gasteiger partial charge on any atom is -0.462 e. The number of nitrogens with zero attached hydrogens (tertiary/aromatic N) is 4. The number of hydrogen-bond acceptors (Lipinski definition) is 8. The van der Waals surface area contributed by atoms with Crippen molar-refractivity contribution in [2.24, 2.45) is 0 Å². The number of rotatable bonds is 7. The van der Waals surface area contributed by atoms with Crippen molar-refractivity contribution in [3.05, 3.63) is 57.9 Å². The van der Waals surface area contributed by atoms with Gasteiger partial charge >= 0.3 is 5.97 Å². The second-order valence-corrected chi connectivity index (χ2v) is 9.97. The summed E-state index contributed by atoms with van der Waals surface area (Å²) >= 11 is 2.67. The van der Waals surface area contributed by atoms with E-state index in [1.165, 1.54) is 40.6 Å². The van der Waals surface area contributed by atoms with Crippen LogP contribution >= 0.6 is 23.1 Å². The first-order valence-electron chi connectivity index (χ1n) is 10.8. The number of ether oxygens (including phenoxy) is 1. The van der Waals surface area contributed by atoms with Crippen LogP contribution in [0.2, 0.25) is 0 Å². The monoisotopic (exact) mass is 495 g/mol. The molecule has 0 bridgehead atoms. The molecule has 0 saturated heterocycles. The Morgan fingerprint density at radius 2 is 1.94 bits per heavy atom. The predicted octanol–water partition coefficient (Wildman–Crippen LogP) is 5.02. The van der Waals surface area contributed by atoms with Gasteiger partial charge in [-0.2, -0.15) is 5.10 Å². The number of thioether (sulfide) groups is 1. The molecule has 0 spiro atoms. The Kier molecular flexibility index (Phi) is 6.99. The maximum atomic E-state index is 12.7. The zero-order chi connectivity index (χ0) is 24.4. The maximum absolute atomic E-state index is 12.7. The highest BCUT2D eigenvalue weighted by Crippen LogP contribution is 2.33. The van der Waals surface area contributed by atoms with E-state index >= 15 is 0 Å². The summed E-state index contributed by atoms with van der Waals surface area (Å²) in [5.74, 6) is -0.534. The largest absolute Gasteiger partial charge is 0.462 e. The lowest BCUT2D eigenvalue weighted by Crippen LogP contribution is -2.16. The Hall–Kier alpha value is -3.24. The van der Waals surface area contributed by atoms with Crippen LogP contribution < -0.4 is 5.32 Å². The average molecular weight is 496 g/mol. The van der Waals surface area contributed by atoms with Crippen LogP contribution in [0.4, 0.5) is 5.00 Å². The van der Waals surface area contributed by atoms with Gasteiger partial charge in [-0.25, -0.2) is 19.4 Å². The summed E-state index contributed by atoms with van der Waals surface area (Å²) in [7, 11) is 0. The number of anilines is 1. The molecule has 0 saturated carbocycles. The van der Waals surface area contributed by atoms with Gasteiger partial charge in [0.25, 0.3) is 0 Å². The third-order valence-electron chi connectivity index (χ3n) is 5.52. The van der Waals surface area contributed by atoms with E-state index in [-0.39, 0.29) is 18.3 Å². The molecule has 10 heteroatoms. The third kappa shape index (κ3) is 4.69. The lowest BCUT2D eigenvalue weighted by molar-refractivity contribution is -0.113. The fourth-order valence-corrected chi connectivity index (χ4v) is 5.27. The lowest BCUT2D eigenvalue weighted by Gasteiger charge is -2.08. The van der Waals surface area contributed by atoms with Gasteiger partial charge in [-0.1, -0.05) is 17.8 Å². The minimum atomic E-state index is -0.427. The molecule has 4 aromatic rings. The van der Waals surface area contributed by atoms with Gasteiger partial charge in [-0.05, 0) is 63.4 Å². The number of carbonyl (C=O) groups excluding carboxylic acids is 2. The highest BCUT2D eigenvalue weighted by atomic mass is 32.2. The Bertz CT molecular complexity index is 1390. The van der Waals surface area contributed by atoms with Crippen LogP contribution in [0.15, 0.2) is 35.7 Å². The molecule has 34 heavy (non-hydrogen) atoms. The van der Waals surface area contributed by atoms with Gasteiger partial charge < -0.3 is 10.1 Å². The second kappa shape index (κ2) is 9.94. The first-order chi connectivity index (χ1) is 16.3. The van der Waals surface area contributed by atoms with Crippen molar-refractivity contribution in [3.63, 3.8) is 0 Å². The van der Waals surface area contributed by atoms with Crippen LogP contribution in [-0.2, 0) is 9.53 Å². The molecular weight excluding hydrogens is 470 g/mol. The van der Waals surface area contributed by atoms with Crippen LogP contribution in [0.1, 0.15) is 38.8 Å². The summed E-state index contributed by atoms with van der Waals surface area (Å²) in [5.41, 5.74) is 5.21. The molecule has 1 aromatic carbocycles. The lowest BCUT2D eigenvalue weighted by atomic mass is 10.1. The Labute approximate surface area is 205 Å². The van der Waals surface area contributed by atoms with Crippen molar-refractivity contribution >= 4 is 51.0 Å². The third-order valence-corrected chi connectivity index (χ3v) is 7.65. The summed E-state index contributed by atoms with van der Waals surface area (Å²) in [6.45, 7) is 9.92. The van der Waals surface area contributed by atoms with Crippen LogP contribution in [0, 0.1) is 27.7 Å². The molecule has 0 aliphatic rings. The van der Waals surface area contributed by atoms with Crippen molar-refractivity contribution in [1.29, 1.82) is 0 Å². The normalized spacial score (nSPS) is 11.1. The van der Waals surface area contributed by atoms with E-state index in [9.17, 15) is 9.59 Å². The number of thiophene rings is 1. The molecule has 0 fully saturated rings. The standard InChI is InChI=1S/C24H25N5O3S2/c1-6-32-24(31)20-15(4)16(5)34-23(20)28-19(30)11-33-22-18-10-27-29(21(18)25-12-26-22)17-8-7-13(2)14(3)9-17/h7-10,12H,6,11H2,1-5H3,(H,28,30). The molecule has 176 valence electrons. The van der Waals surface area contributed by atoms with Crippen molar-refractivity contribution in [2.45, 2.75) is 39.6 Å². The molecule has 0 aliphatic heterocycles. The van der Waals surface area contributed by atoms with Gasteiger partial charge in [0.1, 0.15) is 16.4 Å². The SMILES string of the molecule is CCOC(=O)c1c(NC(=O)CSc2ncnc3c2cnn3-c2ccc(C)c(C)c2)sc(C)c1C. The topological polar surface area (TPSA) is 99.0 Å². The van der Waals surface area contributed by atoms with Crippen molar-refractivity contribution in [1.82, 2.24) is 19.7 Å². The molecule has 4 rings (SSSR count). The van der Waals surface area contributed by atoms with E-state index in [1.54, 1.807) is 17.8 Å². The van der Waals surface area contributed by atoms with Gasteiger partial charge in [0.2, 0.25) is 5.91 Å². The molecule has 0 atom stereocenters. The summed E-state index contributed by atoms with van der Waals surface area (Å²) in [6, 6.07) is 6.12. The van der Waals surface area contributed by atoms with Gasteiger partial charge in [0, 0.05) is 4.88 Å². The first kappa shape index (κ1) is 23.9.